The van der Waals surface area contributed by atoms with Crippen molar-refractivity contribution in [3.63, 3.8) is 0 Å². The normalized spacial score (nSPS) is 12.3. The van der Waals surface area contributed by atoms with Crippen molar-refractivity contribution in [1.82, 2.24) is 0 Å². The molecule has 0 saturated heterocycles. The van der Waals surface area contributed by atoms with Crippen molar-refractivity contribution in [2.75, 3.05) is 0 Å². The highest BCUT2D eigenvalue weighted by Crippen LogP contribution is 1.95. The second-order valence-electron chi connectivity index (χ2n) is 1.84. The summed E-state index contributed by atoms with van der Waals surface area (Å²) in [6.45, 7) is 5.63. The highest BCUT2D eigenvalue weighted by molar-refractivity contribution is 5.77. The van der Waals surface area contributed by atoms with E-state index in [-0.39, 0.29) is 0 Å². The van der Waals surface area contributed by atoms with Gasteiger partial charge in [0.2, 0.25) is 0 Å². The van der Waals surface area contributed by atoms with Gasteiger partial charge in [-0.2, -0.15) is 0 Å². The molecule has 0 bridgehead atoms. The lowest BCUT2D eigenvalue weighted by Crippen LogP contribution is -2.01. The predicted molar refractivity (Wildman–Crippen MR) is 44.4 cm³/mol. The molecule has 0 spiro atoms. The second kappa shape index (κ2) is 4.61. The molecule has 0 aromatic rings. The SMILES string of the molecule is C=C(CC)/N=C\C(N)=C/N. The Hall–Kier alpha value is -1.25. The largest absolute Gasteiger partial charge is 0.403 e. The molecule has 0 aromatic carbocycles. The zero-order chi connectivity index (χ0) is 7.98. The fraction of sp³-hybridized carbons (Fsp3) is 0.286. The number of aliphatic imine (C=N–C) groups is 1. The number of hydrogen-bond acceptors (Lipinski definition) is 3. The fourth-order valence-electron chi connectivity index (χ4n) is 0.300. The lowest BCUT2D eigenvalue weighted by molar-refractivity contribution is 1.08. The number of hydrogen-bond donors (Lipinski definition) is 2. The van der Waals surface area contributed by atoms with Crippen molar-refractivity contribution in [2.45, 2.75) is 13.3 Å². The average Bonchev–Trinajstić information content (AvgIpc) is 1.99. The van der Waals surface area contributed by atoms with E-state index in [1.807, 2.05) is 6.92 Å². The maximum atomic E-state index is 5.32. The van der Waals surface area contributed by atoms with Crippen LogP contribution in [0.3, 0.4) is 0 Å². The van der Waals surface area contributed by atoms with E-state index in [2.05, 4.69) is 11.6 Å². The summed E-state index contributed by atoms with van der Waals surface area (Å²) in [7, 11) is 0. The number of rotatable bonds is 3. The van der Waals surface area contributed by atoms with Crippen molar-refractivity contribution in [2.24, 2.45) is 16.5 Å². The van der Waals surface area contributed by atoms with Crippen LogP contribution in [0.2, 0.25) is 0 Å². The van der Waals surface area contributed by atoms with Crippen LogP contribution in [0.25, 0.3) is 0 Å². The van der Waals surface area contributed by atoms with Gasteiger partial charge in [0.05, 0.1) is 11.9 Å². The first-order valence-electron chi connectivity index (χ1n) is 3.10. The third kappa shape index (κ3) is 3.72. The summed E-state index contributed by atoms with van der Waals surface area (Å²) in [6.07, 6.45) is 3.62. The van der Waals surface area contributed by atoms with Gasteiger partial charge in [0.15, 0.2) is 0 Å². The van der Waals surface area contributed by atoms with Crippen LogP contribution in [0.1, 0.15) is 13.3 Å². The van der Waals surface area contributed by atoms with Gasteiger partial charge in [-0.15, -0.1) is 0 Å². The molecule has 56 valence electrons. The van der Waals surface area contributed by atoms with Gasteiger partial charge in [-0.3, -0.25) is 4.99 Å². The minimum Gasteiger partial charge on any atom is -0.403 e. The first-order chi connectivity index (χ1) is 4.70. The smallest absolute Gasteiger partial charge is 0.0657 e. The monoisotopic (exact) mass is 139 g/mol. The maximum Gasteiger partial charge on any atom is 0.0657 e. The van der Waals surface area contributed by atoms with Crippen LogP contribution in [0, 0.1) is 0 Å². The summed E-state index contributed by atoms with van der Waals surface area (Å²) in [5.41, 5.74) is 11.7. The molecule has 10 heavy (non-hydrogen) atoms. The predicted octanol–water partition coefficient (Wildman–Crippen LogP) is 0.740. The van der Waals surface area contributed by atoms with E-state index in [0.29, 0.717) is 5.70 Å². The zero-order valence-electron chi connectivity index (χ0n) is 6.17. The Morgan fingerprint density at radius 2 is 2.30 bits per heavy atom. The molecule has 0 heterocycles. The van der Waals surface area contributed by atoms with E-state index in [0.717, 1.165) is 12.1 Å². The van der Waals surface area contributed by atoms with Gasteiger partial charge in [0.1, 0.15) is 0 Å². The molecule has 3 nitrogen and oxygen atoms in total. The summed E-state index contributed by atoms with van der Waals surface area (Å²) in [5.74, 6) is 0. The van der Waals surface area contributed by atoms with Crippen molar-refractivity contribution in [3.05, 3.63) is 24.2 Å². The standard InChI is InChI=1S/C7H13N3/c1-3-6(2)10-5-7(9)4-8/h4-5H,2-3,8-9H2,1H3/b7-4+,10-5-. The summed E-state index contributed by atoms with van der Waals surface area (Å²) in [5, 5.41) is 0. The topological polar surface area (TPSA) is 64.4 Å². The minimum absolute atomic E-state index is 0.453. The Balaban J connectivity index is 3.88. The molecule has 0 amide bonds. The first kappa shape index (κ1) is 8.75. The highest BCUT2D eigenvalue weighted by atomic mass is 14.8. The van der Waals surface area contributed by atoms with E-state index in [9.17, 15) is 0 Å². The van der Waals surface area contributed by atoms with E-state index < -0.39 is 0 Å². The molecule has 4 N–H and O–H groups in total. The van der Waals surface area contributed by atoms with Gasteiger partial charge in [0.25, 0.3) is 0 Å². The van der Waals surface area contributed by atoms with E-state index in [4.69, 9.17) is 11.5 Å². The summed E-state index contributed by atoms with van der Waals surface area (Å²) >= 11 is 0. The van der Waals surface area contributed by atoms with E-state index in [1.54, 1.807) is 0 Å². The molecule has 0 aliphatic heterocycles. The summed E-state index contributed by atoms with van der Waals surface area (Å²) in [6, 6.07) is 0. The minimum atomic E-state index is 0.453. The number of nitrogens with zero attached hydrogens (tertiary/aromatic N) is 1. The first-order valence-corrected chi connectivity index (χ1v) is 3.10. The molecular formula is C7H13N3. The van der Waals surface area contributed by atoms with Crippen LogP contribution in [0.5, 0.6) is 0 Å². The molecular weight excluding hydrogens is 126 g/mol. The van der Waals surface area contributed by atoms with E-state index in [1.165, 1.54) is 12.4 Å². The lowest BCUT2D eigenvalue weighted by Gasteiger charge is -1.91. The molecule has 0 atom stereocenters. The maximum absolute atomic E-state index is 5.32. The molecule has 0 saturated carbocycles. The Labute approximate surface area is 61.1 Å². The second-order valence-corrected chi connectivity index (χ2v) is 1.84. The summed E-state index contributed by atoms with van der Waals surface area (Å²) < 4.78 is 0. The van der Waals surface area contributed by atoms with Crippen molar-refractivity contribution in [1.29, 1.82) is 0 Å². The summed E-state index contributed by atoms with van der Waals surface area (Å²) in [4.78, 5) is 3.92. The van der Waals surface area contributed by atoms with Crippen molar-refractivity contribution in [3.8, 4) is 0 Å². The third-order valence-corrected chi connectivity index (χ3v) is 0.997. The van der Waals surface area contributed by atoms with Gasteiger partial charge in [-0.05, 0) is 6.42 Å². The van der Waals surface area contributed by atoms with Gasteiger partial charge < -0.3 is 11.5 Å². The van der Waals surface area contributed by atoms with Gasteiger partial charge in [0, 0.05) is 11.9 Å². The Morgan fingerprint density at radius 1 is 1.70 bits per heavy atom. The molecule has 3 heteroatoms. The van der Waals surface area contributed by atoms with Crippen LogP contribution in [0.4, 0.5) is 0 Å². The molecule has 0 aliphatic rings. The molecule has 0 aromatic heterocycles. The molecule has 0 fully saturated rings. The average molecular weight is 139 g/mol. The lowest BCUT2D eigenvalue weighted by atomic mass is 10.4. The third-order valence-electron chi connectivity index (χ3n) is 0.997. The van der Waals surface area contributed by atoms with Crippen LogP contribution >= 0.6 is 0 Å². The van der Waals surface area contributed by atoms with Crippen LogP contribution in [-0.4, -0.2) is 6.21 Å². The van der Waals surface area contributed by atoms with Crippen LogP contribution in [-0.2, 0) is 0 Å². The van der Waals surface area contributed by atoms with Gasteiger partial charge >= 0.3 is 0 Å². The Kier molecular flexibility index (Phi) is 4.04. The Bertz CT molecular complexity index is 168. The highest BCUT2D eigenvalue weighted by Gasteiger charge is 1.82. The van der Waals surface area contributed by atoms with Gasteiger partial charge in [-0.25, -0.2) is 0 Å². The Morgan fingerprint density at radius 3 is 2.70 bits per heavy atom. The zero-order valence-corrected chi connectivity index (χ0v) is 6.17. The van der Waals surface area contributed by atoms with Crippen molar-refractivity contribution < 1.29 is 0 Å². The van der Waals surface area contributed by atoms with Gasteiger partial charge in [-0.1, -0.05) is 13.5 Å². The number of nitrogens with two attached hydrogens (primary N) is 2. The molecule has 0 unspecified atom stereocenters. The van der Waals surface area contributed by atoms with Crippen LogP contribution < -0.4 is 11.5 Å². The molecule has 0 radical (unpaired) electrons. The number of allylic oxidation sites excluding steroid dienone is 2. The van der Waals surface area contributed by atoms with Crippen molar-refractivity contribution >= 4 is 6.21 Å². The quantitative estimate of drug-likeness (QED) is 0.566. The van der Waals surface area contributed by atoms with Crippen LogP contribution in [0.15, 0.2) is 29.2 Å². The molecule has 0 aliphatic carbocycles. The van der Waals surface area contributed by atoms with E-state index >= 15 is 0 Å². The fourth-order valence-corrected chi connectivity index (χ4v) is 0.300. The molecule has 0 rings (SSSR count).